The number of nitrogens with one attached hydrogen (secondary N) is 2. The molecule has 2 rings (SSSR count). The number of carbonyl (C=O) groups excluding carboxylic acids is 2. The first-order valence-electron chi connectivity index (χ1n) is 6.40. The molecule has 0 spiro atoms. The summed E-state index contributed by atoms with van der Waals surface area (Å²) in [5.74, 6) is -0.336. The standard InChI is InChI=1S/C15H14BrN3O2/c1-2-14(20)18-12-4-3-5-13(7-12)19-15(21)10-6-11(16)9-17-8-10/h3-9H,2H2,1H3,(H,18,20)(H,19,21). The molecule has 0 bridgehead atoms. The Morgan fingerprint density at radius 3 is 2.52 bits per heavy atom. The molecule has 0 radical (unpaired) electrons. The van der Waals surface area contributed by atoms with Crippen LogP contribution in [0, 0.1) is 0 Å². The quantitative estimate of drug-likeness (QED) is 0.889. The van der Waals surface area contributed by atoms with Crippen molar-refractivity contribution in [2.45, 2.75) is 13.3 Å². The van der Waals surface area contributed by atoms with Gasteiger partial charge in [0.2, 0.25) is 5.91 Å². The van der Waals surface area contributed by atoms with Crippen molar-refractivity contribution in [2.24, 2.45) is 0 Å². The molecule has 0 fully saturated rings. The van der Waals surface area contributed by atoms with Crippen LogP contribution in [0.5, 0.6) is 0 Å². The van der Waals surface area contributed by atoms with E-state index in [1.165, 1.54) is 6.20 Å². The Hall–Kier alpha value is -2.21. The first-order chi connectivity index (χ1) is 10.1. The van der Waals surface area contributed by atoms with Gasteiger partial charge in [-0.3, -0.25) is 14.6 Å². The second-order valence-corrected chi connectivity index (χ2v) is 5.24. The average Bonchev–Trinajstić information content (AvgIpc) is 2.47. The molecule has 0 atom stereocenters. The molecule has 1 aromatic carbocycles. The molecule has 0 aliphatic carbocycles. The molecule has 2 amide bonds. The third-order valence-electron chi connectivity index (χ3n) is 2.69. The highest BCUT2D eigenvalue weighted by atomic mass is 79.9. The summed E-state index contributed by atoms with van der Waals surface area (Å²) in [6, 6.07) is 8.68. The topological polar surface area (TPSA) is 71.1 Å². The third kappa shape index (κ3) is 4.39. The molecule has 1 aromatic heterocycles. The number of anilines is 2. The second-order valence-electron chi connectivity index (χ2n) is 4.33. The average molecular weight is 348 g/mol. The Balaban J connectivity index is 2.11. The Morgan fingerprint density at radius 1 is 1.14 bits per heavy atom. The number of nitrogens with zero attached hydrogens (tertiary/aromatic N) is 1. The first-order valence-corrected chi connectivity index (χ1v) is 7.19. The van der Waals surface area contributed by atoms with Gasteiger partial charge in [0.05, 0.1) is 5.56 Å². The number of benzene rings is 1. The van der Waals surface area contributed by atoms with Crippen molar-refractivity contribution < 1.29 is 9.59 Å². The predicted molar refractivity (Wildman–Crippen MR) is 85.3 cm³/mol. The van der Waals surface area contributed by atoms with Crippen molar-refractivity contribution in [3.05, 3.63) is 52.8 Å². The number of pyridine rings is 1. The van der Waals surface area contributed by atoms with Gasteiger partial charge in [0.25, 0.3) is 5.91 Å². The number of rotatable bonds is 4. The summed E-state index contributed by atoms with van der Waals surface area (Å²) in [5, 5.41) is 5.51. The maximum atomic E-state index is 12.1. The van der Waals surface area contributed by atoms with Gasteiger partial charge in [-0.1, -0.05) is 13.0 Å². The summed E-state index contributed by atoms with van der Waals surface area (Å²) in [4.78, 5) is 27.4. The smallest absolute Gasteiger partial charge is 0.257 e. The number of halogens is 1. The number of aromatic nitrogens is 1. The van der Waals surface area contributed by atoms with Gasteiger partial charge in [0, 0.05) is 34.7 Å². The first kappa shape index (κ1) is 15.2. The number of hydrogen-bond acceptors (Lipinski definition) is 3. The van der Waals surface area contributed by atoms with E-state index in [-0.39, 0.29) is 11.8 Å². The van der Waals surface area contributed by atoms with Gasteiger partial charge in [-0.25, -0.2) is 0 Å². The van der Waals surface area contributed by atoms with Gasteiger partial charge in [-0.05, 0) is 40.2 Å². The second kappa shape index (κ2) is 6.99. The Labute approximate surface area is 130 Å². The number of carbonyl (C=O) groups is 2. The van der Waals surface area contributed by atoms with E-state index < -0.39 is 0 Å². The molecule has 21 heavy (non-hydrogen) atoms. The van der Waals surface area contributed by atoms with E-state index in [9.17, 15) is 9.59 Å². The number of amides is 2. The van der Waals surface area contributed by atoms with Crippen molar-refractivity contribution >= 4 is 39.1 Å². The van der Waals surface area contributed by atoms with E-state index in [0.29, 0.717) is 23.4 Å². The molecule has 0 aliphatic heterocycles. The predicted octanol–water partition coefficient (Wildman–Crippen LogP) is 3.44. The van der Waals surface area contributed by atoms with Gasteiger partial charge in [0.1, 0.15) is 0 Å². The van der Waals surface area contributed by atoms with Crippen molar-refractivity contribution in [3.63, 3.8) is 0 Å². The maximum Gasteiger partial charge on any atom is 0.257 e. The van der Waals surface area contributed by atoms with Crippen LogP contribution in [-0.4, -0.2) is 16.8 Å². The van der Waals surface area contributed by atoms with E-state index in [1.54, 1.807) is 43.5 Å². The van der Waals surface area contributed by atoms with E-state index in [2.05, 4.69) is 31.5 Å². The van der Waals surface area contributed by atoms with E-state index >= 15 is 0 Å². The maximum absolute atomic E-state index is 12.1. The van der Waals surface area contributed by atoms with Crippen LogP contribution < -0.4 is 10.6 Å². The normalized spacial score (nSPS) is 10.0. The van der Waals surface area contributed by atoms with Crippen molar-refractivity contribution in [1.82, 2.24) is 4.98 Å². The van der Waals surface area contributed by atoms with E-state index in [4.69, 9.17) is 0 Å². The molecule has 0 saturated carbocycles. The lowest BCUT2D eigenvalue weighted by Crippen LogP contribution is -2.13. The van der Waals surface area contributed by atoms with Crippen LogP contribution in [0.15, 0.2) is 47.2 Å². The summed E-state index contributed by atoms with van der Waals surface area (Å²) in [5.41, 5.74) is 1.70. The minimum absolute atomic E-state index is 0.0744. The minimum Gasteiger partial charge on any atom is -0.326 e. The van der Waals surface area contributed by atoms with Crippen LogP contribution in [0.2, 0.25) is 0 Å². The molecule has 0 unspecified atom stereocenters. The van der Waals surface area contributed by atoms with Crippen molar-refractivity contribution in [3.8, 4) is 0 Å². The van der Waals surface area contributed by atoms with Crippen LogP contribution in [0.1, 0.15) is 23.7 Å². The highest BCUT2D eigenvalue weighted by molar-refractivity contribution is 9.10. The SMILES string of the molecule is CCC(=O)Nc1cccc(NC(=O)c2cncc(Br)c2)c1. The van der Waals surface area contributed by atoms with E-state index in [0.717, 1.165) is 4.47 Å². The van der Waals surface area contributed by atoms with Crippen LogP contribution in [0.3, 0.4) is 0 Å². The monoisotopic (exact) mass is 347 g/mol. The molecular formula is C15H14BrN3O2. The van der Waals surface area contributed by atoms with Crippen LogP contribution in [0.4, 0.5) is 11.4 Å². The molecule has 0 saturated heterocycles. The highest BCUT2D eigenvalue weighted by Gasteiger charge is 2.08. The number of hydrogen-bond donors (Lipinski definition) is 2. The van der Waals surface area contributed by atoms with E-state index in [1.807, 2.05) is 0 Å². The fraction of sp³-hybridized carbons (Fsp3) is 0.133. The molecule has 2 aromatic rings. The highest BCUT2D eigenvalue weighted by Crippen LogP contribution is 2.17. The lowest BCUT2D eigenvalue weighted by Gasteiger charge is -2.08. The summed E-state index contributed by atoms with van der Waals surface area (Å²) < 4.78 is 0.735. The fourth-order valence-corrected chi connectivity index (χ4v) is 2.03. The Morgan fingerprint density at radius 2 is 1.86 bits per heavy atom. The van der Waals surface area contributed by atoms with Gasteiger partial charge >= 0.3 is 0 Å². The Kier molecular flexibility index (Phi) is 5.05. The van der Waals surface area contributed by atoms with Crippen molar-refractivity contribution in [2.75, 3.05) is 10.6 Å². The summed E-state index contributed by atoms with van der Waals surface area (Å²) in [6.45, 7) is 1.78. The zero-order valence-corrected chi connectivity index (χ0v) is 13.0. The zero-order valence-electron chi connectivity index (χ0n) is 11.4. The van der Waals surface area contributed by atoms with Crippen LogP contribution >= 0.6 is 15.9 Å². The molecule has 108 valence electrons. The van der Waals surface area contributed by atoms with Crippen LogP contribution in [-0.2, 0) is 4.79 Å². The molecule has 5 nitrogen and oxygen atoms in total. The van der Waals surface area contributed by atoms with Gasteiger partial charge in [-0.2, -0.15) is 0 Å². The lowest BCUT2D eigenvalue weighted by atomic mass is 10.2. The summed E-state index contributed by atoms with van der Waals surface area (Å²) in [6.07, 6.45) is 3.50. The van der Waals surface area contributed by atoms with Gasteiger partial charge in [0.15, 0.2) is 0 Å². The fourth-order valence-electron chi connectivity index (χ4n) is 1.66. The van der Waals surface area contributed by atoms with Crippen LogP contribution in [0.25, 0.3) is 0 Å². The summed E-state index contributed by atoms with van der Waals surface area (Å²) >= 11 is 3.27. The minimum atomic E-state index is -0.261. The molecule has 6 heteroatoms. The molecular weight excluding hydrogens is 334 g/mol. The zero-order chi connectivity index (χ0) is 15.2. The molecule has 0 aliphatic rings. The molecule has 1 heterocycles. The van der Waals surface area contributed by atoms with Gasteiger partial charge < -0.3 is 10.6 Å². The third-order valence-corrected chi connectivity index (χ3v) is 3.13. The molecule has 2 N–H and O–H groups in total. The van der Waals surface area contributed by atoms with Gasteiger partial charge in [-0.15, -0.1) is 0 Å². The largest absolute Gasteiger partial charge is 0.326 e. The summed E-state index contributed by atoms with van der Waals surface area (Å²) in [7, 11) is 0. The lowest BCUT2D eigenvalue weighted by molar-refractivity contribution is -0.115. The Bertz CT molecular complexity index is 673. The van der Waals surface area contributed by atoms with Crippen molar-refractivity contribution in [1.29, 1.82) is 0 Å².